The number of carbonyl (C=O) groups excluding carboxylic acids is 1. The summed E-state index contributed by atoms with van der Waals surface area (Å²) in [4.78, 5) is 22.3. The lowest BCUT2D eigenvalue weighted by Crippen LogP contribution is -2.40. The number of aromatic nitrogens is 2. The molecular formula is C14H22N4O3. The van der Waals surface area contributed by atoms with E-state index in [1.54, 1.807) is 25.3 Å². The number of amides is 2. The topological polar surface area (TPSA) is 104 Å². The van der Waals surface area contributed by atoms with E-state index in [4.69, 9.17) is 5.11 Å². The quantitative estimate of drug-likeness (QED) is 0.675. The van der Waals surface area contributed by atoms with Gasteiger partial charge in [-0.3, -0.25) is 4.79 Å². The summed E-state index contributed by atoms with van der Waals surface area (Å²) in [5.41, 5.74) is 0.690. The Hall–Kier alpha value is -2.18. The lowest BCUT2D eigenvalue weighted by atomic mass is 10.0. The van der Waals surface area contributed by atoms with Crippen LogP contribution in [-0.2, 0) is 11.3 Å². The molecule has 116 valence electrons. The Morgan fingerprint density at radius 3 is 2.71 bits per heavy atom. The van der Waals surface area contributed by atoms with Gasteiger partial charge in [0, 0.05) is 12.2 Å². The first-order valence-corrected chi connectivity index (χ1v) is 7.02. The molecule has 0 aromatic carbocycles. The second-order valence-corrected chi connectivity index (χ2v) is 5.11. The summed E-state index contributed by atoms with van der Waals surface area (Å²) in [6.45, 7) is 3.91. The highest BCUT2D eigenvalue weighted by Crippen LogP contribution is 2.09. The van der Waals surface area contributed by atoms with Gasteiger partial charge >= 0.3 is 12.0 Å². The molecule has 3 N–H and O–H groups in total. The van der Waals surface area contributed by atoms with Crippen LogP contribution in [0.3, 0.4) is 0 Å². The van der Waals surface area contributed by atoms with Crippen LogP contribution < -0.4 is 10.6 Å². The van der Waals surface area contributed by atoms with E-state index in [-0.39, 0.29) is 18.0 Å². The average molecular weight is 294 g/mol. The first-order valence-electron chi connectivity index (χ1n) is 7.02. The number of hydrogen-bond acceptors (Lipinski definition) is 4. The molecule has 2 atom stereocenters. The zero-order chi connectivity index (χ0) is 15.7. The van der Waals surface area contributed by atoms with Crippen molar-refractivity contribution in [3.63, 3.8) is 0 Å². The van der Waals surface area contributed by atoms with Crippen LogP contribution in [0.1, 0.15) is 38.8 Å². The summed E-state index contributed by atoms with van der Waals surface area (Å²) in [7, 11) is 0. The normalized spacial score (nSPS) is 13.2. The third-order valence-electron chi connectivity index (χ3n) is 3.13. The van der Waals surface area contributed by atoms with Crippen molar-refractivity contribution in [1.29, 1.82) is 0 Å². The molecule has 1 rings (SSSR count). The van der Waals surface area contributed by atoms with Crippen LogP contribution >= 0.6 is 0 Å². The minimum atomic E-state index is -0.780. The fourth-order valence-electron chi connectivity index (χ4n) is 1.80. The number of carboxylic acid groups (broad SMARTS) is 1. The largest absolute Gasteiger partial charge is 0.481 e. The number of carbonyl (C=O) groups is 2. The van der Waals surface area contributed by atoms with Crippen molar-refractivity contribution in [3.8, 4) is 0 Å². The smallest absolute Gasteiger partial charge is 0.315 e. The Morgan fingerprint density at radius 1 is 1.33 bits per heavy atom. The first kappa shape index (κ1) is 16.9. The second-order valence-electron chi connectivity index (χ2n) is 5.11. The van der Waals surface area contributed by atoms with E-state index in [1.807, 2.05) is 6.92 Å². The van der Waals surface area contributed by atoms with Gasteiger partial charge in [-0.05, 0) is 31.9 Å². The summed E-state index contributed by atoms with van der Waals surface area (Å²) < 4.78 is 0. The molecule has 0 spiro atoms. The maximum Gasteiger partial charge on any atom is 0.315 e. The summed E-state index contributed by atoms with van der Waals surface area (Å²) in [6, 6.07) is 3.27. The number of nitrogens with zero attached hydrogens (tertiary/aromatic N) is 2. The van der Waals surface area contributed by atoms with E-state index in [2.05, 4.69) is 20.8 Å². The van der Waals surface area contributed by atoms with E-state index in [0.29, 0.717) is 18.7 Å². The van der Waals surface area contributed by atoms with E-state index in [0.717, 1.165) is 12.8 Å². The molecule has 0 aliphatic rings. The monoisotopic (exact) mass is 294 g/mol. The maximum atomic E-state index is 11.7. The molecule has 1 aromatic heterocycles. The number of urea groups is 1. The van der Waals surface area contributed by atoms with Gasteiger partial charge in [0.15, 0.2) is 0 Å². The third-order valence-corrected chi connectivity index (χ3v) is 3.13. The Bertz CT molecular complexity index is 453. The molecule has 0 bridgehead atoms. The van der Waals surface area contributed by atoms with Crippen molar-refractivity contribution in [2.45, 2.75) is 45.7 Å². The molecule has 0 fully saturated rings. The molecule has 0 aliphatic heterocycles. The molecule has 0 saturated carbocycles. The van der Waals surface area contributed by atoms with Gasteiger partial charge in [-0.2, -0.15) is 10.2 Å². The zero-order valence-electron chi connectivity index (χ0n) is 12.4. The van der Waals surface area contributed by atoms with Crippen LogP contribution in [0.4, 0.5) is 4.79 Å². The van der Waals surface area contributed by atoms with Crippen LogP contribution in [0.2, 0.25) is 0 Å². The summed E-state index contributed by atoms with van der Waals surface area (Å²) in [5.74, 6) is -1.12. The summed E-state index contributed by atoms with van der Waals surface area (Å²) in [6.07, 6.45) is 3.70. The van der Waals surface area contributed by atoms with Crippen LogP contribution in [0, 0.1) is 5.92 Å². The molecule has 21 heavy (non-hydrogen) atoms. The van der Waals surface area contributed by atoms with Crippen LogP contribution in [0.25, 0.3) is 0 Å². The van der Waals surface area contributed by atoms with Crippen molar-refractivity contribution in [1.82, 2.24) is 20.8 Å². The molecule has 0 saturated heterocycles. The van der Waals surface area contributed by atoms with Gasteiger partial charge < -0.3 is 15.7 Å². The van der Waals surface area contributed by atoms with Gasteiger partial charge in [0.1, 0.15) is 0 Å². The van der Waals surface area contributed by atoms with Crippen molar-refractivity contribution >= 4 is 12.0 Å². The Kier molecular flexibility index (Phi) is 7.14. The van der Waals surface area contributed by atoms with E-state index in [1.165, 1.54) is 0 Å². The van der Waals surface area contributed by atoms with Gasteiger partial charge in [-0.25, -0.2) is 4.79 Å². The second kappa shape index (κ2) is 8.89. The van der Waals surface area contributed by atoms with Crippen molar-refractivity contribution in [3.05, 3.63) is 24.0 Å². The minimum Gasteiger partial charge on any atom is -0.481 e. The van der Waals surface area contributed by atoms with Crippen LogP contribution in [0.15, 0.2) is 18.3 Å². The van der Waals surface area contributed by atoms with E-state index in [9.17, 15) is 9.59 Å². The van der Waals surface area contributed by atoms with Crippen molar-refractivity contribution in [2.75, 3.05) is 0 Å². The lowest BCUT2D eigenvalue weighted by molar-refractivity contribution is -0.141. The maximum absolute atomic E-state index is 11.7. The molecular weight excluding hydrogens is 272 g/mol. The minimum absolute atomic E-state index is 0.00662. The third kappa shape index (κ3) is 7.24. The molecule has 7 nitrogen and oxygen atoms in total. The molecule has 2 amide bonds. The molecule has 1 heterocycles. The van der Waals surface area contributed by atoms with Gasteiger partial charge in [0.05, 0.1) is 18.2 Å². The number of rotatable bonds is 8. The average Bonchev–Trinajstić information content (AvgIpc) is 2.46. The predicted molar refractivity (Wildman–Crippen MR) is 77.5 cm³/mol. The van der Waals surface area contributed by atoms with Gasteiger partial charge in [-0.1, -0.05) is 13.3 Å². The van der Waals surface area contributed by atoms with Gasteiger partial charge in [0.2, 0.25) is 0 Å². The van der Waals surface area contributed by atoms with E-state index >= 15 is 0 Å². The number of hydrogen-bond donors (Lipinski definition) is 3. The van der Waals surface area contributed by atoms with Crippen LogP contribution in [-0.4, -0.2) is 33.3 Å². The Balaban J connectivity index is 2.17. The highest BCUT2D eigenvalue weighted by molar-refractivity contribution is 5.74. The summed E-state index contributed by atoms with van der Waals surface area (Å²) in [5, 5.41) is 21.9. The van der Waals surface area contributed by atoms with Crippen molar-refractivity contribution in [2.24, 2.45) is 5.92 Å². The lowest BCUT2D eigenvalue weighted by Gasteiger charge is -2.15. The van der Waals surface area contributed by atoms with Crippen molar-refractivity contribution < 1.29 is 14.7 Å². The molecule has 1 aromatic rings. The highest BCUT2D eigenvalue weighted by atomic mass is 16.4. The number of aliphatic carboxylic acids is 1. The number of carboxylic acids is 1. The molecule has 2 unspecified atom stereocenters. The fourth-order valence-corrected chi connectivity index (χ4v) is 1.80. The fraction of sp³-hybridized carbons (Fsp3) is 0.571. The molecule has 7 heteroatoms. The predicted octanol–water partition coefficient (Wildman–Crippen LogP) is 1.56. The van der Waals surface area contributed by atoms with E-state index < -0.39 is 5.97 Å². The standard InChI is InChI=1S/C14H22N4O3/c1-10(13(19)20)5-3-6-11(2)17-14(21)15-9-12-7-4-8-16-18-12/h4,7-8,10-11H,3,5-6,9H2,1-2H3,(H,19,20)(H2,15,17,21). The Labute approximate surface area is 124 Å². The summed E-state index contributed by atoms with van der Waals surface area (Å²) >= 11 is 0. The number of nitrogens with one attached hydrogen (secondary N) is 2. The van der Waals surface area contributed by atoms with Gasteiger partial charge in [0.25, 0.3) is 0 Å². The highest BCUT2D eigenvalue weighted by Gasteiger charge is 2.12. The van der Waals surface area contributed by atoms with Crippen LogP contribution in [0.5, 0.6) is 0 Å². The van der Waals surface area contributed by atoms with Gasteiger partial charge in [-0.15, -0.1) is 0 Å². The Morgan fingerprint density at radius 2 is 2.10 bits per heavy atom. The molecule has 0 radical (unpaired) electrons. The first-order chi connectivity index (χ1) is 9.99. The molecule has 0 aliphatic carbocycles. The zero-order valence-corrected chi connectivity index (χ0v) is 12.4. The SMILES string of the molecule is CC(CCCC(C)C(=O)O)NC(=O)NCc1cccnn1.